The summed E-state index contributed by atoms with van der Waals surface area (Å²) in [6.07, 6.45) is 1.30. The van der Waals surface area contributed by atoms with Gasteiger partial charge in [-0.25, -0.2) is 0 Å². The molecule has 0 spiro atoms. The standard InChI is InChI=1S/C29H56N10O8.C7H8.C6H12N2O2.C2H7N.CH4O/c1-17(2)14-22(36-24(43)15-33-4)28(46)38-20(8-11-31)26(44)37-21(9-12-32)27(45)39-25(18(3)41)29(47)34-13-5-6-23(42)35-19(16-40)7-10-30;1-7-5-3-2-4-6-7;1-2-3-6(10)8-4-5(7)9;1-2-3;1-2/h16-22,25,33,41H,5-15,30-32H2,1-4H3,(H,34,47)(H,35,42)(H,36,43)(H,37,44)(H,38,46)(H,39,45);2-6H,1H3;2-4H2,1H3,(H2,7,9)(H,8,10);2-3H2,1H3;2H,1H3. The van der Waals surface area contributed by atoms with Crippen molar-refractivity contribution in [2.24, 2.45) is 34.6 Å². The molecular formula is C45H87N13O11. The molecule has 0 saturated carbocycles. The second-order valence-electron chi connectivity index (χ2n) is 15.6. The minimum absolute atomic E-state index is 0.00649. The molecule has 1 aromatic rings. The van der Waals surface area contributed by atoms with Crippen LogP contribution in [0.1, 0.15) is 91.5 Å². The van der Waals surface area contributed by atoms with Gasteiger partial charge in [0.25, 0.3) is 0 Å². The second kappa shape index (κ2) is 46.1. The molecule has 69 heavy (non-hydrogen) atoms. The molecule has 0 aliphatic rings. The summed E-state index contributed by atoms with van der Waals surface area (Å²) in [6.45, 7) is 11.9. The van der Waals surface area contributed by atoms with Crippen molar-refractivity contribution in [2.45, 2.75) is 129 Å². The fraction of sp³-hybridized carbons (Fsp3) is 0.667. The summed E-state index contributed by atoms with van der Waals surface area (Å²) < 4.78 is 0. The van der Waals surface area contributed by atoms with Gasteiger partial charge in [0, 0.05) is 26.5 Å². The van der Waals surface area contributed by atoms with Crippen LogP contribution in [0.25, 0.3) is 0 Å². The number of benzene rings is 1. The molecule has 0 bridgehead atoms. The summed E-state index contributed by atoms with van der Waals surface area (Å²) in [4.78, 5) is 108. The van der Waals surface area contributed by atoms with E-state index in [-0.39, 0.29) is 76.8 Å². The van der Waals surface area contributed by atoms with Crippen molar-refractivity contribution in [3.63, 3.8) is 0 Å². The Morgan fingerprint density at radius 3 is 1.57 bits per heavy atom. The van der Waals surface area contributed by atoms with Gasteiger partial charge >= 0.3 is 0 Å². The molecule has 0 aliphatic carbocycles. The quantitative estimate of drug-likeness (QED) is 0.0270. The van der Waals surface area contributed by atoms with E-state index in [2.05, 4.69) is 61.6 Å². The van der Waals surface area contributed by atoms with Crippen LogP contribution in [0.5, 0.6) is 0 Å². The lowest BCUT2D eigenvalue weighted by atomic mass is 10.0. The normalized spacial score (nSPS) is 12.6. The van der Waals surface area contributed by atoms with Gasteiger partial charge < -0.3 is 86.2 Å². The number of rotatable bonds is 29. The van der Waals surface area contributed by atoms with E-state index in [0.717, 1.165) is 20.1 Å². The van der Waals surface area contributed by atoms with Crippen LogP contribution in [0.4, 0.5) is 0 Å². The maximum atomic E-state index is 13.2. The number of nitrogens with two attached hydrogens (primary N) is 5. The highest BCUT2D eigenvalue weighted by Gasteiger charge is 2.32. The van der Waals surface area contributed by atoms with E-state index in [1.807, 2.05) is 45.9 Å². The largest absolute Gasteiger partial charge is 0.400 e. The second-order valence-corrected chi connectivity index (χ2v) is 15.6. The maximum Gasteiger partial charge on any atom is 0.245 e. The molecule has 0 radical (unpaired) electrons. The third kappa shape index (κ3) is 40.0. The first-order chi connectivity index (χ1) is 32.7. The Morgan fingerprint density at radius 2 is 1.16 bits per heavy atom. The van der Waals surface area contributed by atoms with E-state index in [0.29, 0.717) is 25.5 Å². The van der Waals surface area contributed by atoms with Crippen LogP contribution in [0.3, 0.4) is 0 Å². The molecule has 0 aromatic heterocycles. The molecule has 6 atom stereocenters. The van der Waals surface area contributed by atoms with Gasteiger partial charge in [0.05, 0.1) is 25.2 Å². The van der Waals surface area contributed by atoms with E-state index in [9.17, 15) is 48.3 Å². The van der Waals surface area contributed by atoms with Crippen molar-refractivity contribution in [1.82, 2.24) is 42.5 Å². The average molecular weight is 986 g/mol. The van der Waals surface area contributed by atoms with Gasteiger partial charge in [-0.2, -0.15) is 0 Å². The van der Waals surface area contributed by atoms with E-state index < -0.39 is 77.7 Å². The molecule has 0 heterocycles. The predicted molar refractivity (Wildman–Crippen MR) is 265 cm³/mol. The van der Waals surface area contributed by atoms with Gasteiger partial charge in [-0.15, -0.1) is 0 Å². The molecule has 24 heteroatoms. The van der Waals surface area contributed by atoms with Crippen molar-refractivity contribution in [3.05, 3.63) is 35.9 Å². The van der Waals surface area contributed by atoms with Crippen molar-refractivity contribution >= 4 is 53.5 Å². The molecule has 1 aromatic carbocycles. The molecule has 8 amide bonds. The summed E-state index contributed by atoms with van der Waals surface area (Å²) in [5, 5.41) is 37.6. The average Bonchev–Trinajstić information content (AvgIpc) is 3.29. The number of aryl methyl sites for hydroxylation is 1. The van der Waals surface area contributed by atoms with Crippen molar-refractivity contribution in [2.75, 3.05) is 60.0 Å². The fourth-order valence-corrected chi connectivity index (χ4v) is 5.42. The van der Waals surface area contributed by atoms with Crippen LogP contribution in [0.15, 0.2) is 30.3 Å². The van der Waals surface area contributed by atoms with E-state index in [1.165, 1.54) is 12.5 Å². The Balaban J connectivity index is -0.000000781. The molecule has 20 N–H and O–H groups in total. The van der Waals surface area contributed by atoms with Gasteiger partial charge in [-0.3, -0.25) is 38.4 Å². The van der Waals surface area contributed by atoms with E-state index >= 15 is 0 Å². The summed E-state index contributed by atoms with van der Waals surface area (Å²) in [7, 11) is 2.59. The predicted octanol–water partition coefficient (Wildman–Crippen LogP) is -3.85. The first-order valence-corrected chi connectivity index (χ1v) is 23.1. The molecule has 1 rings (SSSR count). The topological polar surface area (TPSA) is 420 Å². The molecular weight excluding hydrogens is 899 g/mol. The number of hydrogen-bond donors (Lipinski definition) is 15. The van der Waals surface area contributed by atoms with Crippen molar-refractivity contribution in [1.29, 1.82) is 0 Å². The zero-order valence-electron chi connectivity index (χ0n) is 42.1. The lowest BCUT2D eigenvalue weighted by molar-refractivity contribution is -0.135. The molecule has 6 unspecified atom stereocenters. The van der Waals surface area contributed by atoms with Gasteiger partial charge in [-0.1, -0.05) is 63.6 Å². The Morgan fingerprint density at radius 1 is 0.652 bits per heavy atom. The van der Waals surface area contributed by atoms with Crippen LogP contribution in [-0.2, 0) is 43.2 Å². The molecule has 0 aliphatic heterocycles. The highest BCUT2D eigenvalue weighted by molar-refractivity contribution is 5.95. The number of likely N-dealkylation sites (N-methyl/N-ethyl adjacent to an activating group) is 1. The van der Waals surface area contributed by atoms with Crippen LogP contribution in [0.2, 0.25) is 0 Å². The lowest BCUT2D eigenvalue weighted by Gasteiger charge is -2.27. The first-order valence-electron chi connectivity index (χ1n) is 23.1. The van der Waals surface area contributed by atoms with Gasteiger partial charge in [0.15, 0.2) is 0 Å². The van der Waals surface area contributed by atoms with E-state index in [4.69, 9.17) is 33.8 Å². The summed E-state index contributed by atoms with van der Waals surface area (Å²) in [5.41, 5.74) is 27.7. The van der Waals surface area contributed by atoms with Gasteiger partial charge in [0.2, 0.25) is 47.3 Å². The smallest absolute Gasteiger partial charge is 0.245 e. The Labute approximate surface area is 408 Å². The van der Waals surface area contributed by atoms with Crippen LogP contribution < -0.4 is 71.2 Å². The number of carbonyl (C=O) groups is 9. The summed E-state index contributed by atoms with van der Waals surface area (Å²) in [6, 6.07) is 4.85. The highest BCUT2D eigenvalue weighted by atomic mass is 16.3. The zero-order chi connectivity index (χ0) is 53.7. The highest BCUT2D eigenvalue weighted by Crippen LogP contribution is 2.07. The maximum absolute atomic E-state index is 13.2. The number of primary amides is 1. The monoisotopic (exact) mass is 986 g/mol. The number of nitrogens with one attached hydrogen (secondary N) is 8. The fourth-order valence-electron chi connectivity index (χ4n) is 5.42. The number of aliphatic hydroxyl groups is 2. The lowest BCUT2D eigenvalue weighted by Crippen LogP contribution is -2.60. The molecule has 0 saturated heterocycles. The number of hydrogen-bond acceptors (Lipinski definition) is 16. The summed E-state index contributed by atoms with van der Waals surface area (Å²) >= 11 is 0. The third-order valence-corrected chi connectivity index (χ3v) is 8.68. The third-order valence-electron chi connectivity index (χ3n) is 8.68. The summed E-state index contributed by atoms with van der Waals surface area (Å²) in [5.74, 6) is -4.26. The van der Waals surface area contributed by atoms with E-state index in [1.54, 1.807) is 7.05 Å². The minimum atomic E-state index is -1.41. The van der Waals surface area contributed by atoms with Crippen molar-refractivity contribution in [3.8, 4) is 0 Å². The Hall–Kier alpha value is -5.63. The first kappa shape index (κ1) is 69.9. The van der Waals surface area contributed by atoms with Gasteiger partial charge in [0.1, 0.15) is 30.5 Å². The molecule has 398 valence electrons. The molecule has 0 fully saturated rings. The van der Waals surface area contributed by atoms with Crippen LogP contribution in [-0.4, -0.2) is 160 Å². The zero-order valence-corrected chi connectivity index (χ0v) is 42.1. The van der Waals surface area contributed by atoms with Crippen LogP contribution >= 0.6 is 0 Å². The number of aliphatic hydroxyl groups excluding tert-OH is 2. The minimum Gasteiger partial charge on any atom is -0.400 e. The number of amides is 8. The number of aldehydes is 1. The van der Waals surface area contributed by atoms with Crippen molar-refractivity contribution < 1.29 is 53.4 Å². The Bertz CT molecular complexity index is 1580. The Kier molecular flexibility index (Phi) is 46.7. The molecule has 24 nitrogen and oxygen atoms in total. The SMILES string of the molecule is CCCC(=O)NCC(N)=O.CCN.CNCC(=O)NC(CC(C)C)C(=O)NC(CCN)C(=O)NC(CCN)C(=O)NC(C(=O)NCCCC(=O)NC(C=O)CCN)C(C)O.CO.Cc1ccccc1. The number of carbonyl (C=O) groups excluding carboxylic acids is 9. The van der Waals surface area contributed by atoms with Gasteiger partial charge in [-0.05, 0) is 91.5 Å². The van der Waals surface area contributed by atoms with Crippen LogP contribution in [0, 0.1) is 12.8 Å².